The predicted molar refractivity (Wildman–Crippen MR) is 111 cm³/mol. The number of nitrogens with zero attached hydrogens (tertiary/aromatic N) is 2. The molecule has 2 N–H and O–H groups in total. The minimum absolute atomic E-state index is 0.0423. The Bertz CT molecular complexity index is 1100. The lowest BCUT2D eigenvalue weighted by molar-refractivity contribution is -0.143. The Hall–Kier alpha value is -3.69. The van der Waals surface area contributed by atoms with Crippen LogP contribution in [0.15, 0.2) is 54.7 Å². The van der Waals surface area contributed by atoms with Crippen molar-refractivity contribution < 1.29 is 27.2 Å². The normalized spacial score (nSPS) is 11.5. The van der Waals surface area contributed by atoms with Crippen molar-refractivity contribution in [2.75, 3.05) is 10.6 Å². The van der Waals surface area contributed by atoms with Gasteiger partial charge in [-0.3, -0.25) is 9.59 Å². The van der Waals surface area contributed by atoms with Crippen molar-refractivity contribution in [2.45, 2.75) is 26.4 Å². The lowest BCUT2D eigenvalue weighted by atomic mass is 10.1. The van der Waals surface area contributed by atoms with Crippen molar-refractivity contribution in [1.29, 1.82) is 0 Å². The molecule has 1 heterocycles. The van der Waals surface area contributed by atoms with Crippen LogP contribution in [0.3, 0.4) is 0 Å². The minimum atomic E-state index is -4.89. The zero-order valence-electron chi connectivity index (χ0n) is 17.2. The van der Waals surface area contributed by atoms with Crippen molar-refractivity contribution in [1.82, 2.24) is 9.78 Å². The molecule has 168 valence electrons. The number of carbonyl (C=O) groups is 2. The molecule has 3 aromatic rings. The third kappa shape index (κ3) is 5.51. The number of rotatable bonds is 6. The molecule has 0 aliphatic carbocycles. The van der Waals surface area contributed by atoms with E-state index in [9.17, 15) is 27.2 Å². The van der Waals surface area contributed by atoms with E-state index in [2.05, 4.69) is 15.7 Å². The molecule has 0 atom stereocenters. The molecule has 2 aromatic carbocycles. The summed E-state index contributed by atoms with van der Waals surface area (Å²) >= 11 is 0. The number of aromatic nitrogens is 2. The van der Waals surface area contributed by atoms with E-state index in [-0.39, 0.29) is 23.2 Å². The highest BCUT2D eigenvalue weighted by Crippen LogP contribution is 2.34. The fourth-order valence-electron chi connectivity index (χ4n) is 2.98. The zero-order valence-corrected chi connectivity index (χ0v) is 17.2. The lowest BCUT2D eigenvalue weighted by Gasteiger charge is -2.13. The number of hydrogen-bond acceptors (Lipinski definition) is 3. The number of amides is 2. The summed E-state index contributed by atoms with van der Waals surface area (Å²) in [6.07, 6.45) is -3.74. The molecule has 0 saturated carbocycles. The first-order chi connectivity index (χ1) is 15.0. The third-order valence-corrected chi connectivity index (χ3v) is 4.37. The fraction of sp³-hybridized carbons (Fsp3) is 0.227. The lowest BCUT2D eigenvalue weighted by Crippen LogP contribution is -2.20. The molecule has 10 heteroatoms. The molecule has 1 aromatic heterocycles. The first-order valence-electron chi connectivity index (χ1n) is 9.67. The van der Waals surface area contributed by atoms with Crippen LogP contribution in [-0.2, 0) is 11.0 Å². The maximum Gasteiger partial charge on any atom is 0.434 e. The minimum Gasteiger partial charge on any atom is -0.326 e. The van der Waals surface area contributed by atoms with Crippen LogP contribution in [0.25, 0.3) is 5.69 Å². The van der Waals surface area contributed by atoms with Crippen LogP contribution in [0.4, 0.5) is 28.9 Å². The summed E-state index contributed by atoms with van der Waals surface area (Å²) in [5.41, 5.74) is -1.28. The Labute approximate surface area is 181 Å². The van der Waals surface area contributed by atoms with Crippen molar-refractivity contribution in [3.8, 4) is 5.69 Å². The number of carbonyl (C=O) groups excluding carboxylic acids is 2. The Morgan fingerprint density at radius 3 is 2.06 bits per heavy atom. The van der Waals surface area contributed by atoms with Crippen LogP contribution in [0.2, 0.25) is 0 Å². The van der Waals surface area contributed by atoms with E-state index in [0.29, 0.717) is 16.8 Å². The molecule has 0 aliphatic rings. The average Bonchev–Trinajstić information content (AvgIpc) is 3.15. The monoisotopic (exact) mass is 448 g/mol. The van der Waals surface area contributed by atoms with Crippen molar-refractivity contribution in [2.24, 2.45) is 5.92 Å². The second-order valence-electron chi connectivity index (χ2n) is 7.47. The van der Waals surface area contributed by atoms with Crippen molar-refractivity contribution in [3.63, 3.8) is 0 Å². The van der Waals surface area contributed by atoms with Gasteiger partial charge < -0.3 is 10.6 Å². The van der Waals surface area contributed by atoms with Crippen LogP contribution < -0.4 is 10.6 Å². The maximum atomic E-state index is 13.7. The van der Waals surface area contributed by atoms with Crippen LogP contribution in [0, 0.1) is 11.7 Å². The summed E-state index contributed by atoms with van der Waals surface area (Å²) in [6.45, 7) is 3.82. The van der Waals surface area contributed by atoms with Gasteiger partial charge in [-0.05, 0) is 54.4 Å². The second-order valence-corrected chi connectivity index (χ2v) is 7.47. The van der Waals surface area contributed by atoms with E-state index in [4.69, 9.17) is 0 Å². The predicted octanol–water partition coefficient (Wildman–Crippen LogP) is 5.27. The molecule has 0 unspecified atom stereocenters. The second kappa shape index (κ2) is 9.21. The smallest absolute Gasteiger partial charge is 0.326 e. The highest BCUT2D eigenvalue weighted by molar-refractivity contribution is 6.05. The Morgan fingerprint density at radius 2 is 1.53 bits per heavy atom. The van der Waals surface area contributed by atoms with Gasteiger partial charge in [-0.15, -0.1) is 0 Å². The van der Waals surface area contributed by atoms with Gasteiger partial charge in [0.1, 0.15) is 5.82 Å². The SMILES string of the molecule is CC(C)CC(=O)Nc1ccc(NC(=O)c2cnn(-c3ccc(F)cc3)c2C(F)(F)F)cc1. The van der Waals surface area contributed by atoms with E-state index in [1.807, 2.05) is 13.8 Å². The first kappa shape index (κ1) is 23.0. The van der Waals surface area contributed by atoms with Crippen LogP contribution in [0.5, 0.6) is 0 Å². The first-order valence-corrected chi connectivity index (χ1v) is 9.67. The summed E-state index contributed by atoms with van der Waals surface area (Å²) < 4.78 is 54.8. The molecule has 0 fully saturated rings. The molecule has 2 amide bonds. The van der Waals surface area contributed by atoms with Crippen molar-refractivity contribution >= 4 is 23.2 Å². The average molecular weight is 448 g/mol. The van der Waals surface area contributed by atoms with Gasteiger partial charge in [-0.2, -0.15) is 18.3 Å². The number of alkyl halides is 3. The maximum absolute atomic E-state index is 13.7. The quantitative estimate of drug-likeness (QED) is 0.505. The number of halogens is 4. The summed E-state index contributed by atoms with van der Waals surface area (Å²) in [7, 11) is 0. The largest absolute Gasteiger partial charge is 0.434 e. The molecule has 0 aliphatic heterocycles. The molecule has 32 heavy (non-hydrogen) atoms. The van der Waals surface area contributed by atoms with Gasteiger partial charge in [-0.25, -0.2) is 9.07 Å². The highest BCUT2D eigenvalue weighted by atomic mass is 19.4. The standard InChI is InChI=1S/C22H20F4N4O2/c1-13(2)11-19(31)28-15-5-7-16(8-6-15)29-21(32)18-12-27-30(20(18)22(24,25)26)17-9-3-14(23)4-10-17/h3-10,12-13H,11H2,1-2H3,(H,28,31)(H,29,32). The van der Waals surface area contributed by atoms with Gasteiger partial charge in [0.15, 0.2) is 5.69 Å². The third-order valence-electron chi connectivity index (χ3n) is 4.37. The zero-order chi connectivity index (χ0) is 23.5. The highest BCUT2D eigenvalue weighted by Gasteiger charge is 2.40. The van der Waals surface area contributed by atoms with Gasteiger partial charge in [0.2, 0.25) is 5.91 Å². The van der Waals surface area contributed by atoms with Crippen molar-refractivity contribution in [3.05, 3.63) is 71.8 Å². The van der Waals surface area contributed by atoms with E-state index in [0.717, 1.165) is 30.5 Å². The summed E-state index contributed by atoms with van der Waals surface area (Å²) in [5, 5.41) is 8.77. The van der Waals surface area contributed by atoms with Gasteiger partial charge in [-0.1, -0.05) is 13.8 Å². The summed E-state index contributed by atoms with van der Waals surface area (Å²) in [5.74, 6) is -1.61. The van der Waals surface area contributed by atoms with Crippen LogP contribution >= 0.6 is 0 Å². The molecule has 6 nitrogen and oxygen atoms in total. The Kier molecular flexibility index (Phi) is 6.61. The Morgan fingerprint density at radius 1 is 0.969 bits per heavy atom. The van der Waals surface area contributed by atoms with E-state index in [1.54, 1.807) is 0 Å². The molecule has 0 bridgehead atoms. The summed E-state index contributed by atoms with van der Waals surface area (Å²) in [4.78, 5) is 24.4. The van der Waals surface area contributed by atoms with Crippen LogP contribution in [-0.4, -0.2) is 21.6 Å². The Balaban J connectivity index is 1.81. The molecule has 0 radical (unpaired) electrons. The molecular weight excluding hydrogens is 428 g/mol. The number of nitrogens with one attached hydrogen (secondary N) is 2. The van der Waals surface area contributed by atoms with Gasteiger partial charge in [0, 0.05) is 17.8 Å². The molecule has 0 saturated heterocycles. The van der Waals surface area contributed by atoms with E-state index in [1.165, 1.54) is 24.3 Å². The van der Waals surface area contributed by atoms with Gasteiger partial charge >= 0.3 is 6.18 Å². The summed E-state index contributed by atoms with van der Waals surface area (Å²) in [6, 6.07) is 10.2. The topological polar surface area (TPSA) is 76.0 Å². The molecule has 3 rings (SSSR count). The fourth-order valence-corrected chi connectivity index (χ4v) is 2.98. The van der Waals surface area contributed by atoms with Crippen LogP contribution in [0.1, 0.15) is 36.3 Å². The number of anilines is 2. The van der Waals surface area contributed by atoms with E-state index < -0.39 is 29.2 Å². The van der Waals surface area contributed by atoms with E-state index >= 15 is 0 Å². The van der Waals surface area contributed by atoms with Gasteiger partial charge in [0.05, 0.1) is 17.4 Å². The molecular formula is C22H20F4N4O2. The van der Waals surface area contributed by atoms with Gasteiger partial charge in [0.25, 0.3) is 5.91 Å². The number of benzene rings is 2. The molecule has 0 spiro atoms. The number of hydrogen-bond donors (Lipinski definition) is 2.